The van der Waals surface area contributed by atoms with Gasteiger partial charge in [0.2, 0.25) is 5.91 Å². The summed E-state index contributed by atoms with van der Waals surface area (Å²) in [4.78, 5) is 36.1. The number of alkyl halides is 3. The molecule has 0 aliphatic heterocycles. The summed E-state index contributed by atoms with van der Waals surface area (Å²) >= 11 is 0. The van der Waals surface area contributed by atoms with Crippen LogP contribution in [0.3, 0.4) is 0 Å². The van der Waals surface area contributed by atoms with Gasteiger partial charge in [0.25, 0.3) is 11.8 Å². The Morgan fingerprint density at radius 3 is 2.21 bits per heavy atom. The monoisotopic (exact) mass is 403 g/mol. The van der Waals surface area contributed by atoms with Crippen molar-refractivity contribution in [1.82, 2.24) is 10.6 Å². The highest BCUT2D eigenvalue weighted by molar-refractivity contribution is 5.92. The van der Waals surface area contributed by atoms with Crippen molar-refractivity contribution in [2.45, 2.75) is 33.0 Å². The zero-order chi connectivity index (χ0) is 21.3. The zero-order valence-corrected chi connectivity index (χ0v) is 16.1. The van der Waals surface area contributed by atoms with E-state index in [-0.39, 0.29) is 37.3 Å². The maximum absolute atomic E-state index is 13.0. The van der Waals surface area contributed by atoms with E-state index in [4.69, 9.17) is 0 Å². The molecule has 0 heterocycles. The van der Waals surface area contributed by atoms with E-state index in [1.54, 1.807) is 20.8 Å². The van der Waals surface area contributed by atoms with Crippen LogP contribution >= 0.6 is 0 Å². The zero-order valence-electron chi connectivity index (χ0n) is 16.1. The molecule has 1 rings (SSSR count). The lowest BCUT2D eigenvalue weighted by atomic mass is 10.1. The molecule has 7 nitrogen and oxygen atoms in total. The summed E-state index contributed by atoms with van der Waals surface area (Å²) in [6.07, 6.45) is -4.59. The summed E-state index contributed by atoms with van der Waals surface area (Å²) in [5.74, 6) is -1.40. The van der Waals surface area contributed by atoms with E-state index in [2.05, 4.69) is 16.0 Å². The topological polar surface area (TPSA) is 91.7 Å². The lowest BCUT2D eigenvalue weighted by Gasteiger charge is -2.18. The molecule has 0 bridgehead atoms. The third-order valence-corrected chi connectivity index (χ3v) is 3.72. The molecule has 0 saturated carbocycles. The second-order valence-electron chi connectivity index (χ2n) is 6.55. The molecule has 0 aliphatic rings. The Morgan fingerprint density at radius 2 is 1.64 bits per heavy atom. The molecule has 0 radical (unpaired) electrons. The smallest absolute Gasteiger partial charge is 0.352 e. The fourth-order valence-electron chi connectivity index (χ4n) is 2.41. The van der Waals surface area contributed by atoms with E-state index in [0.29, 0.717) is 11.4 Å². The minimum absolute atomic E-state index is 0.0505. The number of quaternary nitrogens is 1. The predicted octanol–water partition coefficient (Wildman–Crippen LogP) is 0.190. The third-order valence-electron chi connectivity index (χ3n) is 3.72. The van der Waals surface area contributed by atoms with Gasteiger partial charge >= 0.3 is 6.18 Å². The molecule has 4 N–H and O–H groups in total. The van der Waals surface area contributed by atoms with Gasteiger partial charge in [0.05, 0.1) is 24.3 Å². The number of amides is 3. The highest BCUT2D eigenvalue weighted by atomic mass is 19.4. The number of hydrogen-bond donors (Lipinski definition) is 4. The fraction of sp³-hybridized carbons (Fsp3) is 0.500. The summed E-state index contributed by atoms with van der Waals surface area (Å²) < 4.78 is 39.0. The molecule has 0 aromatic heterocycles. The standard InChI is InChI=1S/C18H25F3N4O3/c1-4-25(10-16(27)22-9-15(26)23-12(2)3)11-17(28)24-14-8-6-5-7-13(14)18(19,20)21/h5-8,12H,4,9-11H2,1-3H3,(H,22,27)(H,23,26)(H,24,28)/p+1. The minimum Gasteiger partial charge on any atom is -0.352 e. The SMILES string of the molecule is CC[NH+](CC(=O)NCC(=O)NC(C)C)CC(=O)Nc1ccccc1C(F)(F)F. The summed E-state index contributed by atoms with van der Waals surface area (Å²) in [7, 11) is 0. The lowest BCUT2D eigenvalue weighted by Crippen LogP contribution is -3.14. The van der Waals surface area contributed by atoms with E-state index in [0.717, 1.165) is 6.07 Å². The number of carbonyl (C=O) groups is 3. The van der Waals surface area contributed by atoms with Gasteiger partial charge in [-0.3, -0.25) is 14.4 Å². The summed E-state index contributed by atoms with van der Waals surface area (Å²) in [5.41, 5.74) is -1.26. The van der Waals surface area contributed by atoms with Crippen LogP contribution in [0.5, 0.6) is 0 Å². The number of carbonyl (C=O) groups excluding carboxylic acids is 3. The third kappa shape index (κ3) is 8.38. The van der Waals surface area contributed by atoms with Crippen LogP contribution in [0.1, 0.15) is 26.3 Å². The van der Waals surface area contributed by atoms with Gasteiger partial charge in [0.1, 0.15) is 0 Å². The number of hydrogen-bond acceptors (Lipinski definition) is 3. The molecule has 1 atom stereocenters. The molecule has 10 heteroatoms. The lowest BCUT2D eigenvalue weighted by molar-refractivity contribution is -0.881. The Bertz CT molecular complexity index is 693. The number of likely N-dealkylation sites (N-methyl/N-ethyl adjacent to an activating group) is 1. The first kappa shape index (κ1) is 23.4. The van der Waals surface area contributed by atoms with Crippen molar-refractivity contribution < 1.29 is 32.5 Å². The first-order valence-corrected chi connectivity index (χ1v) is 8.88. The molecule has 0 spiro atoms. The average Bonchev–Trinajstić information content (AvgIpc) is 2.58. The van der Waals surface area contributed by atoms with Gasteiger partial charge in [0.15, 0.2) is 13.1 Å². The molecule has 0 fully saturated rings. The normalized spacial score (nSPS) is 12.4. The van der Waals surface area contributed by atoms with Gasteiger partial charge in [-0.1, -0.05) is 12.1 Å². The summed E-state index contributed by atoms with van der Waals surface area (Å²) in [5, 5.41) is 7.33. The summed E-state index contributed by atoms with van der Waals surface area (Å²) in [6, 6.07) is 4.64. The van der Waals surface area contributed by atoms with Crippen LogP contribution < -0.4 is 20.9 Å². The predicted molar refractivity (Wildman–Crippen MR) is 97.6 cm³/mol. The molecule has 3 amide bonds. The van der Waals surface area contributed by atoms with E-state index < -0.39 is 23.6 Å². The van der Waals surface area contributed by atoms with E-state index in [1.807, 2.05) is 0 Å². The largest absolute Gasteiger partial charge is 0.418 e. The second kappa shape index (κ2) is 10.6. The molecular weight excluding hydrogens is 377 g/mol. The number of halogens is 3. The van der Waals surface area contributed by atoms with Gasteiger partial charge in [-0.05, 0) is 32.9 Å². The molecule has 156 valence electrons. The number of nitrogens with one attached hydrogen (secondary N) is 4. The molecule has 28 heavy (non-hydrogen) atoms. The fourth-order valence-corrected chi connectivity index (χ4v) is 2.41. The van der Waals surface area contributed by atoms with E-state index in [9.17, 15) is 27.6 Å². The minimum atomic E-state index is -4.59. The Morgan fingerprint density at radius 1 is 1.04 bits per heavy atom. The van der Waals surface area contributed by atoms with E-state index >= 15 is 0 Å². The van der Waals surface area contributed by atoms with Gasteiger partial charge in [0, 0.05) is 6.04 Å². The van der Waals surface area contributed by atoms with Gasteiger partial charge in [-0.2, -0.15) is 13.2 Å². The van der Waals surface area contributed by atoms with Crippen LogP contribution in [0.25, 0.3) is 0 Å². The summed E-state index contributed by atoms with van der Waals surface area (Å²) in [6.45, 7) is 5.27. The van der Waals surface area contributed by atoms with Crippen molar-refractivity contribution in [3.63, 3.8) is 0 Å². The van der Waals surface area contributed by atoms with Gasteiger partial charge in [-0.15, -0.1) is 0 Å². The van der Waals surface area contributed by atoms with Crippen molar-refractivity contribution in [2.75, 3.05) is 31.5 Å². The van der Waals surface area contributed by atoms with Crippen molar-refractivity contribution >= 4 is 23.4 Å². The highest BCUT2D eigenvalue weighted by Gasteiger charge is 2.33. The van der Waals surface area contributed by atoms with Crippen LogP contribution in [-0.4, -0.2) is 49.9 Å². The van der Waals surface area contributed by atoms with Crippen molar-refractivity contribution in [3.05, 3.63) is 29.8 Å². The first-order chi connectivity index (χ1) is 13.0. The van der Waals surface area contributed by atoms with Crippen LogP contribution in [0.4, 0.5) is 18.9 Å². The Hall–Kier alpha value is -2.62. The van der Waals surface area contributed by atoms with Gasteiger partial charge < -0.3 is 20.9 Å². The Kier molecular flexibility index (Phi) is 8.90. The van der Waals surface area contributed by atoms with Crippen molar-refractivity contribution in [2.24, 2.45) is 0 Å². The maximum atomic E-state index is 13.0. The molecule has 1 unspecified atom stereocenters. The number of rotatable bonds is 9. The molecule has 1 aromatic rings. The Balaban J connectivity index is 2.58. The highest BCUT2D eigenvalue weighted by Crippen LogP contribution is 2.34. The molecule has 0 aliphatic carbocycles. The number of anilines is 1. The molecule has 0 saturated heterocycles. The van der Waals surface area contributed by atoms with Crippen molar-refractivity contribution in [1.29, 1.82) is 0 Å². The first-order valence-electron chi connectivity index (χ1n) is 8.88. The van der Waals surface area contributed by atoms with Crippen LogP contribution in [0.15, 0.2) is 24.3 Å². The maximum Gasteiger partial charge on any atom is 0.418 e. The quantitative estimate of drug-likeness (QED) is 0.474. The number of para-hydroxylation sites is 1. The number of benzene rings is 1. The van der Waals surface area contributed by atoms with Crippen LogP contribution in [0.2, 0.25) is 0 Å². The molecule has 1 aromatic carbocycles. The van der Waals surface area contributed by atoms with E-state index in [1.165, 1.54) is 18.2 Å². The van der Waals surface area contributed by atoms with Crippen molar-refractivity contribution in [3.8, 4) is 0 Å². The average molecular weight is 403 g/mol. The Labute approximate surface area is 161 Å². The second-order valence-corrected chi connectivity index (χ2v) is 6.55. The van der Waals surface area contributed by atoms with Crippen LogP contribution in [0, 0.1) is 0 Å². The van der Waals surface area contributed by atoms with Crippen LogP contribution in [-0.2, 0) is 20.6 Å². The van der Waals surface area contributed by atoms with Gasteiger partial charge in [-0.25, -0.2) is 0 Å². The molecular formula is C18H26F3N4O3+.